The van der Waals surface area contributed by atoms with Crippen LogP contribution in [0, 0.1) is 6.92 Å². The van der Waals surface area contributed by atoms with Crippen molar-refractivity contribution in [3.63, 3.8) is 0 Å². The van der Waals surface area contributed by atoms with Crippen molar-refractivity contribution in [3.05, 3.63) is 29.8 Å². The molecule has 0 N–H and O–H groups in total. The third-order valence-electron chi connectivity index (χ3n) is 3.12. The summed E-state index contributed by atoms with van der Waals surface area (Å²) in [5, 5.41) is 0.636. The summed E-state index contributed by atoms with van der Waals surface area (Å²) in [6.45, 7) is 4.63. The van der Waals surface area contributed by atoms with Gasteiger partial charge in [-0.05, 0) is 26.0 Å². The smallest absolute Gasteiger partial charge is 0.243 e. The first-order chi connectivity index (χ1) is 8.93. The lowest BCUT2D eigenvalue weighted by atomic mass is 10.2. The third kappa shape index (κ3) is 3.37. The van der Waals surface area contributed by atoms with Gasteiger partial charge in [-0.3, -0.25) is 0 Å². The lowest BCUT2D eigenvalue weighted by Crippen LogP contribution is -2.49. The third-order valence-corrected chi connectivity index (χ3v) is 5.69. The molecule has 1 aliphatic rings. The van der Waals surface area contributed by atoms with Gasteiger partial charge in [0.1, 0.15) is 0 Å². The topological polar surface area (TPSA) is 46.6 Å². The van der Waals surface area contributed by atoms with E-state index >= 15 is 0 Å². The fourth-order valence-electron chi connectivity index (χ4n) is 2.14. The van der Waals surface area contributed by atoms with E-state index in [2.05, 4.69) is 15.9 Å². The van der Waals surface area contributed by atoms with Gasteiger partial charge in [-0.2, -0.15) is 4.31 Å². The summed E-state index contributed by atoms with van der Waals surface area (Å²) < 4.78 is 32.3. The maximum Gasteiger partial charge on any atom is 0.243 e. The standard InChI is InChI=1S/C13H18BrNO3S/c1-10-3-5-13(6-4-10)19(16,17)15-8-11(2)18-12(7-14)9-15/h3-6,11-12H,7-9H2,1-2H3. The Labute approximate surface area is 122 Å². The highest BCUT2D eigenvalue weighted by Gasteiger charge is 2.33. The summed E-state index contributed by atoms with van der Waals surface area (Å²) in [6, 6.07) is 6.96. The number of ether oxygens (including phenoxy) is 1. The van der Waals surface area contributed by atoms with E-state index in [-0.39, 0.29) is 12.2 Å². The molecule has 0 saturated carbocycles. The van der Waals surface area contributed by atoms with Crippen molar-refractivity contribution in [3.8, 4) is 0 Å². The number of morpholine rings is 1. The molecule has 2 unspecified atom stereocenters. The Kier molecular flexibility index (Phi) is 4.66. The summed E-state index contributed by atoms with van der Waals surface area (Å²) in [5.74, 6) is 0. The summed E-state index contributed by atoms with van der Waals surface area (Å²) >= 11 is 3.35. The first-order valence-corrected chi connectivity index (χ1v) is 8.78. The van der Waals surface area contributed by atoms with E-state index < -0.39 is 10.0 Å². The molecule has 2 rings (SSSR count). The molecule has 1 aromatic rings. The molecule has 0 aliphatic carbocycles. The van der Waals surface area contributed by atoms with Crippen LogP contribution in [-0.2, 0) is 14.8 Å². The number of halogens is 1. The van der Waals surface area contributed by atoms with Crippen LogP contribution < -0.4 is 0 Å². The molecular formula is C13H18BrNO3S. The fourth-order valence-corrected chi connectivity index (χ4v) is 4.05. The van der Waals surface area contributed by atoms with Crippen LogP contribution in [0.15, 0.2) is 29.2 Å². The predicted molar refractivity (Wildman–Crippen MR) is 78.1 cm³/mol. The minimum Gasteiger partial charge on any atom is -0.372 e. The molecule has 19 heavy (non-hydrogen) atoms. The number of hydrogen-bond donors (Lipinski definition) is 0. The second-order valence-corrected chi connectivity index (χ2v) is 7.44. The Balaban J connectivity index is 2.26. The maximum atomic E-state index is 12.6. The molecule has 4 nitrogen and oxygen atoms in total. The summed E-state index contributed by atoms with van der Waals surface area (Å²) in [5.41, 5.74) is 1.05. The van der Waals surface area contributed by atoms with E-state index in [4.69, 9.17) is 4.74 Å². The number of hydrogen-bond acceptors (Lipinski definition) is 3. The Morgan fingerprint density at radius 3 is 2.53 bits per heavy atom. The van der Waals surface area contributed by atoms with Gasteiger partial charge >= 0.3 is 0 Å². The van der Waals surface area contributed by atoms with Gasteiger partial charge in [-0.1, -0.05) is 33.6 Å². The Morgan fingerprint density at radius 2 is 1.95 bits per heavy atom. The SMILES string of the molecule is Cc1ccc(S(=O)(=O)N2CC(C)OC(CBr)C2)cc1. The van der Waals surface area contributed by atoms with Gasteiger partial charge in [-0.15, -0.1) is 0 Å². The van der Waals surface area contributed by atoms with Crippen molar-refractivity contribution in [1.82, 2.24) is 4.31 Å². The quantitative estimate of drug-likeness (QED) is 0.787. The van der Waals surface area contributed by atoms with Gasteiger partial charge in [0.2, 0.25) is 10.0 Å². The molecule has 106 valence electrons. The molecular weight excluding hydrogens is 330 g/mol. The molecule has 0 aromatic heterocycles. The maximum absolute atomic E-state index is 12.6. The number of aryl methyl sites for hydroxylation is 1. The highest BCUT2D eigenvalue weighted by Crippen LogP contribution is 2.22. The zero-order chi connectivity index (χ0) is 14.0. The Hall–Kier alpha value is -0.430. The average molecular weight is 348 g/mol. The molecule has 0 radical (unpaired) electrons. The molecule has 1 saturated heterocycles. The molecule has 1 fully saturated rings. The van der Waals surface area contributed by atoms with Gasteiger partial charge in [0, 0.05) is 18.4 Å². The molecule has 1 heterocycles. The molecule has 0 bridgehead atoms. The summed E-state index contributed by atoms with van der Waals surface area (Å²) in [6.07, 6.45) is -0.180. The predicted octanol–water partition coefficient (Wildman–Crippen LogP) is 2.17. The van der Waals surface area contributed by atoms with E-state index in [0.29, 0.717) is 23.3 Å². The number of benzene rings is 1. The van der Waals surface area contributed by atoms with Crippen molar-refractivity contribution in [2.24, 2.45) is 0 Å². The largest absolute Gasteiger partial charge is 0.372 e. The molecule has 1 aromatic carbocycles. The van der Waals surface area contributed by atoms with Crippen molar-refractivity contribution in [1.29, 1.82) is 0 Å². The van der Waals surface area contributed by atoms with Crippen molar-refractivity contribution >= 4 is 26.0 Å². The van der Waals surface area contributed by atoms with Crippen molar-refractivity contribution < 1.29 is 13.2 Å². The summed E-state index contributed by atoms with van der Waals surface area (Å²) in [7, 11) is -3.42. The first-order valence-electron chi connectivity index (χ1n) is 6.21. The highest BCUT2D eigenvalue weighted by atomic mass is 79.9. The first kappa shape index (κ1) is 15.0. The minimum absolute atomic E-state index is 0.0866. The molecule has 2 atom stereocenters. The van der Waals surface area contributed by atoms with Crippen LogP contribution in [0.3, 0.4) is 0 Å². The van der Waals surface area contributed by atoms with Gasteiger partial charge in [0.25, 0.3) is 0 Å². The van der Waals surface area contributed by atoms with E-state index in [1.807, 2.05) is 26.0 Å². The molecule has 6 heteroatoms. The second kappa shape index (κ2) is 5.91. The van der Waals surface area contributed by atoms with Crippen molar-refractivity contribution in [2.45, 2.75) is 31.0 Å². The monoisotopic (exact) mass is 347 g/mol. The highest BCUT2D eigenvalue weighted by molar-refractivity contribution is 9.09. The number of nitrogens with zero attached hydrogens (tertiary/aromatic N) is 1. The number of alkyl halides is 1. The molecule has 0 amide bonds. The number of rotatable bonds is 3. The average Bonchev–Trinajstić information content (AvgIpc) is 2.38. The van der Waals surface area contributed by atoms with Crippen LogP contribution in [0.4, 0.5) is 0 Å². The van der Waals surface area contributed by atoms with Crippen LogP contribution >= 0.6 is 15.9 Å². The van der Waals surface area contributed by atoms with Gasteiger partial charge in [0.15, 0.2) is 0 Å². The summed E-state index contributed by atoms with van der Waals surface area (Å²) in [4.78, 5) is 0.348. The molecule has 0 spiro atoms. The van der Waals surface area contributed by atoms with Crippen LogP contribution in [0.2, 0.25) is 0 Å². The Bertz CT molecular complexity index is 529. The van der Waals surface area contributed by atoms with Crippen molar-refractivity contribution in [2.75, 3.05) is 18.4 Å². The molecule has 1 aliphatic heterocycles. The van der Waals surface area contributed by atoms with Gasteiger partial charge in [0.05, 0.1) is 17.1 Å². The Morgan fingerprint density at radius 1 is 1.32 bits per heavy atom. The normalized spacial score (nSPS) is 25.4. The van der Waals surface area contributed by atoms with E-state index in [1.165, 1.54) is 4.31 Å². The van der Waals surface area contributed by atoms with Crippen LogP contribution in [0.1, 0.15) is 12.5 Å². The zero-order valence-corrected chi connectivity index (χ0v) is 13.4. The van der Waals surface area contributed by atoms with Crippen LogP contribution in [0.25, 0.3) is 0 Å². The lowest BCUT2D eigenvalue weighted by molar-refractivity contribution is -0.0411. The second-order valence-electron chi connectivity index (χ2n) is 4.86. The van der Waals surface area contributed by atoms with Gasteiger partial charge < -0.3 is 4.74 Å². The zero-order valence-electron chi connectivity index (χ0n) is 11.0. The minimum atomic E-state index is -3.42. The van der Waals surface area contributed by atoms with Crippen LogP contribution in [-0.4, -0.2) is 43.4 Å². The lowest BCUT2D eigenvalue weighted by Gasteiger charge is -2.35. The van der Waals surface area contributed by atoms with Gasteiger partial charge in [-0.25, -0.2) is 8.42 Å². The van der Waals surface area contributed by atoms with Crippen LogP contribution in [0.5, 0.6) is 0 Å². The fraction of sp³-hybridized carbons (Fsp3) is 0.538. The van der Waals surface area contributed by atoms with E-state index in [0.717, 1.165) is 5.56 Å². The number of sulfonamides is 1. The van der Waals surface area contributed by atoms with E-state index in [1.54, 1.807) is 12.1 Å². The van der Waals surface area contributed by atoms with E-state index in [9.17, 15) is 8.42 Å².